The number of ether oxygens (including phenoxy) is 2. The Labute approximate surface area is 187 Å². The molecular formula is C24H30N2O4S. The molecule has 1 aliphatic heterocycles. The first kappa shape index (κ1) is 21.7. The minimum atomic E-state index is -0.963. The van der Waals surface area contributed by atoms with Gasteiger partial charge in [0.2, 0.25) is 12.7 Å². The number of benzene rings is 1. The van der Waals surface area contributed by atoms with Gasteiger partial charge in [0.15, 0.2) is 11.5 Å². The van der Waals surface area contributed by atoms with Crippen molar-refractivity contribution in [1.82, 2.24) is 10.2 Å². The van der Waals surface area contributed by atoms with Gasteiger partial charge in [0.1, 0.15) is 5.54 Å². The molecule has 0 radical (unpaired) electrons. The summed E-state index contributed by atoms with van der Waals surface area (Å²) in [6.45, 7) is 4.38. The lowest BCUT2D eigenvalue weighted by Gasteiger charge is -2.40. The van der Waals surface area contributed by atoms with Crippen LogP contribution in [0.4, 0.5) is 0 Å². The van der Waals surface area contributed by atoms with Crippen LogP contribution in [0.3, 0.4) is 0 Å². The molecule has 31 heavy (non-hydrogen) atoms. The summed E-state index contributed by atoms with van der Waals surface area (Å²) in [6, 6.07) is 9.36. The van der Waals surface area contributed by atoms with Gasteiger partial charge in [0, 0.05) is 16.5 Å². The van der Waals surface area contributed by atoms with Crippen LogP contribution in [0.2, 0.25) is 0 Å². The van der Waals surface area contributed by atoms with Gasteiger partial charge in [0.25, 0.3) is 5.91 Å². The Bertz CT molecular complexity index is 924. The van der Waals surface area contributed by atoms with Gasteiger partial charge in [-0.05, 0) is 55.8 Å². The molecule has 6 nitrogen and oxygen atoms in total. The number of thiophene rings is 1. The summed E-state index contributed by atoms with van der Waals surface area (Å²) in [7, 11) is 0. The van der Waals surface area contributed by atoms with E-state index in [1.807, 2.05) is 31.4 Å². The van der Waals surface area contributed by atoms with Gasteiger partial charge < -0.3 is 19.7 Å². The number of hydrogen-bond donors (Lipinski definition) is 1. The van der Waals surface area contributed by atoms with Crippen molar-refractivity contribution in [3.05, 3.63) is 46.2 Å². The van der Waals surface area contributed by atoms with Crippen LogP contribution < -0.4 is 14.8 Å². The molecule has 0 bridgehead atoms. The molecule has 1 N–H and O–H groups in total. The van der Waals surface area contributed by atoms with Gasteiger partial charge in [-0.2, -0.15) is 0 Å². The Morgan fingerprint density at radius 3 is 2.65 bits per heavy atom. The highest BCUT2D eigenvalue weighted by atomic mass is 32.1. The zero-order valence-electron chi connectivity index (χ0n) is 18.2. The Morgan fingerprint density at radius 1 is 1.16 bits per heavy atom. The molecule has 1 saturated carbocycles. The summed E-state index contributed by atoms with van der Waals surface area (Å²) in [5.74, 6) is 0.934. The lowest BCUT2D eigenvalue weighted by Crippen LogP contribution is -2.59. The second-order valence-electron chi connectivity index (χ2n) is 8.47. The number of nitrogens with zero attached hydrogens (tertiary/aromatic N) is 1. The topological polar surface area (TPSA) is 67.9 Å². The highest BCUT2D eigenvalue weighted by Crippen LogP contribution is 2.34. The maximum Gasteiger partial charge on any atom is 0.255 e. The van der Waals surface area contributed by atoms with Gasteiger partial charge in [-0.3, -0.25) is 9.59 Å². The number of hydrogen-bond acceptors (Lipinski definition) is 5. The van der Waals surface area contributed by atoms with E-state index in [4.69, 9.17) is 9.47 Å². The van der Waals surface area contributed by atoms with Crippen molar-refractivity contribution in [3.8, 4) is 11.5 Å². The second-order valence-corrected chi connectivity index (χ2v) is 9.51. The van der Waals surface area contributed by atoms with E-state index in [0.29, 0.717) is 30.0 Å². The minimum Gasteiger partial charge on any atom is -0.454 e. The number of amides is 2. The van der Waals surface area contributed by atoms with Crippen LogP contribution in [-0.2, 0) is 11.3 Å². The molecule has 0 saturated heterocycles. The summed E-state index contributed by atoms with van der Waals surface area (Å²) in [6.07, 6.45) is 6.04. The lowest BCUT2D eigenvalue weighted by atomic mass is 9.90. The first-order valence-electron chi connectivity index (χ1n) is 11.1. The molecule has 0 unspecified atom stereocenters. The van der Waals surface area contributed by atoms with Gasteiger partial charge in [0.05, 0.1) is 6.54 Å². The molecule has 4 rings (SSSR count). The van der Waals surface area contributed by atoms with E-state index < -0.39 is 5.54 Å². The monoisotopic (exact) mass is 442 g/mol. The molecule has 7 heteroatoms. The highest BCUT2D eigenvalue weighted by molar-refractivity contribution is 7.09. The number of carbonyl (C=O) groups excluding carboxylic acids is 2. The Morgan fingerprint density at radius 2 is 1.94 bits per heavy atom. The SMILES string of the molecule is CC[C@](C)(C(=O)NC1CCCCC1)N(Cc1cccs1)C(=O)c1ccc2c(c1)OCO2. The summed E-state index contributed by atoms with van der Waals surface area (Å²) in [5, 5.41) is 5.23. The normalized spacial score (nSPS) is 17.7. The number of nitrogens with one attached hydrogen (secondary N) is 1. The van der Waals surface area contributed by atoms with Gasteiger partial charge in [-0.1, -0.05) is 32.3 Å². The minimum absolute atomic E-state index is 0.0763. The van der Waals surface area contributed by atoms with E-state index in [1.165, 1.54) is 6.42 Å². The van der Waals surface area contributed by atoms with Crippen molar-refractivity contribution in [2.24, 2.45) is 0 Å². The maximum absolute atomic E-state index is 13.7. The lowest BCUT2D eigenvalue weighted by molar-refractivity contribution is -0.132. The second kappa shape index (κ2) is 9.30. The van der Waals surface area contributed by atoms with Crippen molar-refractivity contribution in [3.63, 3.8) is 0 Å². The Hall–Kier alpha value is -2.54. The molecule has 2 aliphatic rings. The van der Waals surface area contributed by atoms with E-state index >= 15 is 0 Å². The van der Waals surface area contributed by atoms with Crippen LogP contribution in [0.1, 0.15) is 67.6 Å². The molecular weight excluding hydrogens is 412 g/mol. The van der Waals surface area contributed by atoms with Crippen molar-refractivity contribution in [1.29, 1.82) is 0 Å². The quantitative estimate of drug-likeness (QED) is 0.673. The largest absolute Gasteiger partial charge is 0.454 e. The zero-order chi connectivity index (χ0) is 21.8. The Kier molecular flexibility index (Phi) is 6.51. The molecule has 1 aromatic heterocycles. The first-order chi connectivity index (χ1) is 15.0. The fourth-order valence-electron chi connectivity index (χ4n) is 4.28. The molecule has 1 aromatic carbocycles. The fraction of sp³-hybridized carbons (Fsp3) is 0.500. The third-order valence-corrected chi connectivity index (χ3v) is 7.33. The van der Waals surface area contributed by atoms with E-state index in [1.54, 1.807) is 34.4 Å². The summed E-state index contributed by atoms with van der Waals surface area (Å²) >= 11 is 1.59. The van der Waals surface area contributed by atoms with E-state index in [-0.39, 0.29) is 24.6 Å². The fourth-order valence-corrected chi connectivity index (χ4v) is 4.97. The molecule has 166 valence electrons. The third-order valence-electron chi connectivity index (χ3n) is 6.47. The third kappa shape index (κ3) is 4.56. The average Bonchev–Trinajstić information content (AvgIpc) is 3.48. The average molecular weight is 443 g/mol. The van der Waals surface area contributed by atoms with E-state index in [9.17, 15) is 9.59 Å². The van der Waals surface area contributed by atoms with Crippen molar-refractivity contribution < 1.29 is 19.1 Å². The molecule has 2 heterocycles. The predicted molar refractivity (Wildman–Crippen MR) is 120 cm³/mol. The summed E-state index contributed by atoms with van der Waals surface area (Å²) < 4.78 is 10.8. The molecule has 2 amide bonds. The smallest absolute Gasteiger partial charge is 0.255 e. The number of rotatable bonds is 7. The van der Waals surface area contributed by atoms with Gasteiger partial charge >= 0.3 is 0 Å². The van der Waals surface area contributed by atoms with E-state index in [0.717, 1.165) is 30.6 Å². The number of fused-ring (bicyclic) bond motifs is 1. The molecule has 2 aromatic rings. The summed E-state index contributed by atoms with van der Waals surface area (Å²) in [5.41, 5.74) is -0.472. The molecule has 0 spiro atoms. The van der Waals surface area contributed by atoms with E-state index in [2.05, 4.69) is 5.32 Å². The van der Waals surface area contributed by atoms with Gasteiger partial charge in [-0.25, -0.2) is 0 Å². The highest BCUT2D eigenvalue weighted by Gasteiger charge is 2.42. The maximum atomic E-state index is 13.7. The van der Waals surface area contributed by atoms with Crippen molar-refractivity contribution >= 4 is 23.2 Å². The number of carbonyl (C=O) groups is 2. The van der Waals surface area contributed by atoms with Gasteiger partial charge in [-0.15, -0.1) is 11.3 Å². The van der Waals surface area contributed by atoms with Crippen LogP contribution in [-0.4, -0.2) is 35.1 Å². The van der Waals surface area contributed by atoms with Crippen LogP contribution in [0, 0.1) is 0 Å². The first-order valence-corrected chi connectivity index (χ1v) is 11.9. The standard InChI is InChI=1S/C24H30N2O4S/c1-3-24(2,23(28)25-18-8-5-4-6-9-18)26(15-19-10-7-13-31-19)22(27)17-11-12-20-21(14-17)30-16-29-20/h7,10-14,18H,3-6,8-9,15-16H2,1-2H3,(H,25,28)/t24-/m1/s1. The Balaban J connectivity index is 1.63. The molecule has 1 aliphatic carbocycles. The predicted octanol–water partition coefficient (Wildman–Crippen LogP) is 4.74. The van der Waals surface area contributed by atoms with Crippen molar-refractivity contribution in [2.75, 3.05) is 6.79 Å². The van der Waals surface area contributed by atoms with Crippen LogP contribution in [0.25, 0.3) is 0 Å². The molecule has 1 atom stereocenters. The van der Waals surface area contributed by atoms with Crippen LogP contribution >= 0.6 is 11.3 Å². The molecule has 1 fully saturated rings. The zero-order valence-corrected chi connectivity index (χ0v) is 19.0. The van der Waals surface area contributed by atoms with Crippen molar-refractivity contribution in [2.45, 2.75) is 70.5 Å². The van der Waals surface area contributed by atoms with Crippen LogP contribution in [0.5, 0.6) is 11.5 Å². The summed E-state index contributed by atoms with van der Waals surface area (Å²) in [4.78, 5) is 30.0. The van der Waals surface area contributed by atoms with Crippen LogP contribution in [0.15, 0.2) is 35.7 Å².